The minimum absolute atomic E-state index is 0.130. The fraction of sp³-hybridized carbons (Fsp3) is 0.250. The normalized spacial score (nSPS) is 11.8. The molecule has 2 heterocycles. The Hall–Kier alpha value is -3.16. The highest BCUT2D eigenvalue weighted by Gasteiger charge is 2.21. The minimum atomic E-state index is -0.496. The maximum atomic E-state index is 12.6. The van der Waals surface area contributed by atoms with E-state index < -0.39 is 6.04 Å². The third kappa shape index (κ3) is 4.19. The van der Waals surface area contributed by atoms with Crippen molar-refractivity contribution in [1.82, 2.24) is 35.5 Å². The molecule has 8 heteroatoms. The average molecular weight is 323 g/mol. The molecule has 0 unspecified atom stereocenters. The van der Waals surface area contributed by atoms with Gasteiger partial charge in [0.15, 0.2) is 0 Å². The molecule has 0 radical (unpaired) electrons. The Labute approximate surface area is 139 Å². The first-order valence-electron chi connectivity index (χ1n) is 7.62. The first-order chi connectivity index (χ1) is 11.8. The van der Waals surface area contributed by atoms with Crippen molar-refractivity contribution in [3.8, 4) is 0 Å². The van der Waals surface area contributed by atoms with Gasteiger partial charge in [0, 0.05) is 38.0 Å². The van der Waals surface area contributed by atoms with E-state index in [-0.39, 0.29) is 5.91 Å². The van der Waals surface area contributed by atoms with Crippen LogP contribution in [0, 0.1) is 0 Å². The van der Waals surface area contributed by atoms with E-state index in [9.17, 15) is 4.79 Å². The monoisotopic (exact) mass is 323 g/mol. The van der Waals surface area contributed by atoms with Gasteiger partial charge in [-0.3, -0.25) is 14.8 Å². The lowest BCUT2D eigenvalue weighted by Gasteiger charge is -2.16. The van der Waals surface area contributed by atoms with Crippen LogP contribution in [0.1, 0.15) is 17.3 Å². The van der Waals surface area contributed by atoms with Crippen LogP contribution in [0.15, 0.2) is 55.2 Å². The predicted octanol–water partition coefficient (Wildman–Crippen LogP) is 0.606. The number of amides is 1. The Morgan fingerprint density at radius 3 is 2.79 bits per heavy atom. The van der Waals surface area contributed by atoms with Crippen LogP contribution in [0.2, 0.25) is 0 Å². The number of hydrogen-bond acceptors (Lipinski definition) is 6. The zero-order chi connectivity index (χ0) is 16.6. The predicted molar refractivity (Wildman–Crippen MR) is 85.7 cm³/mol. The van der Waals surface area contributed by atoms with Gasteiger partial charge in [-0.25, -0.2) is 4.68 Å². The molecule has 0 bridgehead atoms. The molecule has 3 aromatic rings. The molecule has 24 heavy (non-hydrogen) atoms. The fourth-order valence-electron chi connectivity index (χ4n) is 2.35. The van der Waals surface area contributed by atoms with Gasteiger partial charge in [0.2, 0.25) is 5.91 Å². The van der Waals surface area contributed by atoms with E-state index >= 15 is 0 Å². The van der Waals surface area contributed by atoms with Crippen LogP contribution in [0.5, 0.6) is 0 Å². The van der Waals surface area contributed by atoms with E-state index in [1.165, 1.54) is 11.0 Å². The molecular formula is C16H17N7O. The van der Waals surface area contributed by atoms with Crippen LogP contribution < -0.4 is 5.32 Å². The highest BCUT2D eigenvalue weighted by atomic mass is 16.2. The van der Waals surface area contributed by atoms with Crippen LogP contribution in [0.25, 0.3) is 0 Å². The molecule has 0 aliphatic heterocycles. The van der Waals surface area contributed by atoms with Crippen LogP contribution >= 0.6 is 0 Å². The summed E-state index contributed by atoms with van der Waals surface area (Å²) in [6.45, 7) is 0.477. The van der Waals surface area contributed by atoms with Gasteiger partial charge in [-0.2, -0.15) is 0 Å². The molecule has 8 nitrogen and oxygen atoms in total. The third-order valence-electron chi connectivity index (χ3n) is 3.56. The van der Waals surface area contributed by atoms with Crippen molar-refractivity contribution in [1.29, 1.82) is 0 Å². The number of carbonyl (C=O) groups is 1. The molecule has 122 valence electrons. The number of hydrogen-bond donors (Lipinski definition) is 1. The third-order valence-corrected chi connectivity index (χ3v) is 3.56. The Balaban J connectivity index is 1.63. The van der Waals surface area contributed by atoms with Crippen molar-refractivity contribution in [2.24, 2.45) is 0 Å². The zero-order valence-electron chi connectivity index (χ0n) is 13.0. The largest absolute Gasteiger partial charge is 0.354 e. The highest BCUT2D eigenvalue weighted by molar-refractivity contribution is 5.80. The number of aromatic nitrogens is 6. The minimum Gasteiger partial charge on any atom is -0.354 e. The lowest BCUT2D eigenvalue weighted by molar-refractivity contribution is -0.124. The maximum absolute atomic E-state index is 12.6. The molecule has 0 aliphatic rings. The smallest absolute Gasteiger partial charge is 0.245 e. The van der Waals surface area contributed by atoms with Gasteiger partial charge >= 0.3 is 0 Å². The first kappa shape index (κ1) is 15.7. The van der Waals surface area contributed by atoms with Crippen molar-refractivity contribution in [2.75, 3.05) is 6.54 Å². The van der Waals surface area contributed by atoms with Crippen molar-refractivity contribution < 1.29 is 4.79 Å². The maximum Gasteiger partial charge on any atom is 0.245 e. The van der Waals surface area contributed by atoms with Gasteiger partial charge in [0.25, 0.3) is 0 Å². The van der Waals surface area contributed by atoms with Gasteiger partial charge in [-0.1, -0.05) is 30.3 Å². The van der Waals surface area contributed by atoms with E-state index in [4.69, 9.17) is 0 Å². The van der Waals surface area contributed by atoms with E-state index in [2.05, 4.69) is 30.8 Å². The van der Waals surface area contributed by atoms with E-state index in [0.717, 1.165) is 11.3 Å². The Morgan fingerprint density at radius 1 is 1.21 bits per heavy atom. The quantitative estimate of drug-likeness (QED) is 0.684. The summed E-state index contributed by atoms with van der Waals surface area (Å²) in [6, 6.07) is 9.28. The molecule has 1 atom stereocenters. The Morgan fingerprint density at radius 2 is 2.08 bits per heavy atom. The molecule has 3 rings (SSSR count). The van der Waals surface area contributed by atoms with E-state index in [1.54, 1.807) is 18.6 Å². The number of tetrazole rings is 1. The summed E-state index contributed by atoms with van der Waals surface area (Å²) in [6.07, 6.45) is 7.53. The topological polar surface area (TPSA) is 98.5 Å². The molecule has 0 spiro atoms. The molecule has 0 saturated carbocycles. The fourth-order valence-corrected chi connectivity index (χ4v) is 2.35. The summed E-state index contributed by atoms with van der Waals surface area (Å²) in [4.78, 5) is 20.8. The SMILES string of the molecule is O=C(NCCc1cnccn1)[C@@H](Cc1ccccc1)n1cnnn1. The second kappa shape index (κ2) is 7.91. The van der Waals surface area contributed by atoms with Gasteiger partial charge < -0.3 is 5.32 Å². The molecular weight excluding hydrogens is 306 g/mol. The highest BCUT2D eigenvalue weighted by Crippen LogP contribution is 2.13. The molecule has 1 N–H and O–H groups in total. The van der Waals surface area contributed by atoms with Gasteiger partial charge in [-0.15, -0.1) is 5.10 Å². The summed E-state index contributed by atoms with van der Waals surface area (Å²) >= 11 is 0. The lowest BCUT2D eigenvalue weighted by atomic mass is 10.1. The Bertz CT molecular complexity index is 747. The zero-order valence-corrected chi connectivity index (χ0v) is 13.0. The molecule has 1 aromatic carbocycles. The molecule has 1 amide bonds. The molecule has 2 aromatic heterocycles. The van der Waals surface area contributed by atoms with Crippen LogP contribution in [0.3, 0.4) is 0 Å². The number of carbonyl (C=O) groups excluding carboxylic acids is 1. The number of benzene rings is 1. The van der Waals surface area contributed by atoms with Crippen molar-refractivity contribution in [3.63, 3.8) is 0 Å². The summed E-state index contributed by atoms with van der Waals surface area (Å²) < 4.78 is 1.48. The molecule has 0 aliphatic carbocycles. The van der Waals surface area contributed by atoms with E-state index in [1.807, 2.05) is 30.3 Å². The Kier molecular flexibility index (Phi) is 5.18. The van der Waals surface area contributed by atoms with E-state index in [0.29, 0.717) is 19.4 Å². The first-order valence-corrected chi connectivity index (χ1v) is 7.62. The van der Waals surface area contributed by atoms with Gasteiger partial charge in [-0.05, 0) is 16.0 Å². The van der Waals surface area contributed by atoms with Crippen LogP contribution in [0.4, 0.5) is 0 Å². The number of nitrogens with zero attached hydrogens (tertiary/aromatic N) is 6. The summed E-state index contributed by atoms with van der Waals surface area (Å²) in [5.74, 6) is -0.130. The summed E-state index contributed by atoms with van der Waals surface area (Å²) in [7, 11) is 0. The van der Waals surface area contributed by atoms with Crippen LogP contribution in [-0.2, 0) is 17.6 Å². The van der Waals surface area contributed by atoms with Crippen LogP contribution in [-0.4, -0.2) is 42.6 Å². The number of nitrogens with one attached hydrogen (secondary N) is 1. The van der Waals surface area contributed by atoms with Gasteiger partial charge in [0.1, 0.15) is 12.4 Å². The second-order valence-corrected chi connectivity index (χ2v) is 5.23. The standard InChI is InChI=1S/C16H17N7O/c24-16(19-7-6-14-11-17-8-9-18-14)15(23-12-20-21-22-23)10-13-4-2-1-3-5-13/h1-5,8-9,11-12,15H,6-7,10H2,(H,19,24)/t15-/m1/s1. The van der Waals surface area contributed by atoms with Crippen molar-refractivity contribution in [3.05, 3.63) is 66.5 Å². The second-order valence-electron chi connectivity index (χ2n) is 5.23. The molecule has 0 fully saturated rings. The summed E-state index contributed by atoms with van der Waals surface area (Å²) in [5, 5.41) is 14.0. The van der Waals surface area contributed by atoms with Gasteiger partial charge in [0.05, 0.1) is 5.69 Å². The van der Waals surface area contributed by atoms with Crippen molar-refractivity contribution in [2.45, 2.75) is 18.9 Å². The average Bonchev–Trinajstić information content (AvgIpc) is 3.16. The lowest BCUT2D eigenvalue weighted by Crippen LogP contribution is -2.35. The number of rotatable bonds is 7. The summed E-state index contributed by atoms with van der Waals surface area (Å²) in [5.41, 5.74) is 1.88. The van der Waals surface area contributed by atoms with Crippen molar-refractivity contribution >= 4 is 5.91 Å². The molecule has 0 saturated heterocycles.